The van der Waals surface area contributed by atoms with E-state index >= 15 is 0 Å². The largest absolute Gasteiger partial charge is 0.481 e. The molecule has 2 aromatic rings. The van der Waals surface area contributed by atoms with Gasteiger partial charge in [-0.2, -0.15) is 0 Å². The summed E-state index contributed by atoms with van der Waals surface area (Å²) in [4.78, 5) is 19.9. The summed E-state index contributed by atoms with van der Waals surface area (Å²) < 4.78 is 2.11. The van der Waals surface area contributed by atoms with Crippen LogP contribution in [0, 0.1) is 12.8 Å². The van der Waals surface area contributed by atoms with E-state index in [1.807, 2.05) is 19.2 Å². The van der Waals surface area contributed by atoms with Crippen molar-refractivity contribution in [3.8, 4) is 0 Å². The van der Waals surface area contributed by atoms with E-state index < -0.39 is 5.97 Å². The molecule has 0 bridgehead atoms. The van der Waals surface area contributed by atoms with Crippen LogP contribution in [-0.2, 0) is 4.79 Å². The summed E-state index contributed by atoms with van der Waals surface area (Å²) in [5.41, 5.74) is 2.78. The van der Waals surface area contributed by atoms with Crippen LogP contribution in [0.3, 0.4) is 0 Å². The van der Waals surface area contributed by atoms with Crippen LogP contribution in [0.4, 0.5) is 0 Å². The zero-order chi connectivity index (χ0) is 15.0. The number of imidazole rings is 1. The Kier molecular flexibility index (Phi) is 3.89. The van der Waals surface area contributed by atoms with Gasteiger partial charge in [-0.1, -0.05) is 24.6 Å². The maximum absolute atomic E-state index is 10.8. The second kappa shape index (κ2) is 5.67. The summed E-state index contributed by atoms with van der Waals surface area (Å²) in [5.74, 6) is 0.0103. The Bertz CT molecular complexity index is 679. The topological polar surface area (TPSA) is 68.0 Å². The molecule has 2 heterocycles. The van der Waals surface area contributed by atoms with Gasteiger partial charge in [0.15, 0.2) is 10.8 Å². The summed E-state index contributed by atoms with van der Waals surface area (Å²) in [6.45, 7) is 4.16. The number of carboxylic acids is 1. The third-order valence-corrected chi connectivity index (χ3v) is 4.71. The van der Waals surface area contributed by atoms with Crippen LogP contribution < -0.4 is 0 Å². The number of aromatic nitrogens is 3. The minimum atomic E-state index is -0.822. The van der Waals surface area contributed by atoms with Gasteiger partial charge in [0.1, 0.15) is 5.52 Å². The third kappa shape index (κ3) is 3.20. The average molecular weight is 305 g/mol. The molecule has 0 aromatic carbocycles. The number of aliphatic carboxylic acids is 1. The van der Waals surface area contributed by atoms with Gasteiger partial charge in [0.2, 0.25) is 0 Å². The van der Waals surface area contributed by atoms with Crippen LogP contribution >= 0.6 is 11.8 Å². The lowest BCUT2D eigenvalue weighted by Gasteiger charge is -2.16. The molecule has 0 aliphatic heterocycles. The second-order valence-electron chi connectivity index (χ2n) is 5.83. The van der Waals surface area contributed by atoms with Crippen LogP contribution in [0.2, 0.25) is 0 Å². The predicted molar refractivity (Wildman–Crippen MR) is 82.7 cm³/mol. The highest BCUT2D eigenvalue weighted by Gasteiger charge is 2.27. The number of rotatable bonds is 6. The van der Waals surface area contributed by atoms with Crippen molar-refractivity contribution in [1.29, 1.82) is 0 Å². The molecule has 1 aliphatic carbocycles. The van der Waals surface area contributed by atoms with E-state index in [1.54, 1.807) is 0 Å². The molecule has 0 saturated heterocycles. The molecule has 1 aliphatic rings. The van der Waals surface area contributed by atoms with Crippen molar-refractivity contribution >= 4 is 28.9 Å². The van der Waals surface area contributed by atoms with Crippen molar-refractivity contribution in [3.05, 3.63) is 17.8 Å². The van der Waals surface area contributed by atoms with E-state index in [2.05, 4.69) is 21.5 Å². The highest BCUT2D eigenvalue weighted by Crippen LogP contribution is 2.38. The lowest BCUT2D eigenvalue weighted by atomic mass is 10.1. The van der Waals surface area contributed by atoms with Crippen LogP contribution in [0.15, 0.2) is 17.4 Å². The molecule has 112 valence electrons. The predicted octanol–water partition coefficient (Wildman–Crippen LogP) is 3.28. The smallest absolute Gasteiger partial charge is 0.313 e. The number of carboxylic acid groups (broad SMARTS) is 1. The van der Waals surface area contributed by atoms with E-state index in [4.69, 9.17) is 5.11 Å². The van der Waals surface area contributed by atoms with Crippen LogP contribution in [0.25, 0.3) is 11.2 Å². The Hall–Kier alpha value is -1.56. The van der Waals surface area contributed by atoms with Crippen molar-refractivity contribution in [1.82, 2.24) is 14.5 Å². The Morgan fingerprint density at radius 2 is 2.33 bits per heavy atom. The summed E-state index contributed by atoms with van der Waals surface area (Å²) in [5, 5.41) is 9.67. The molecule has 21 heavy (non-hydrogen) atoms. The Labute approximate surface area is 127 Å². The van der Waals surface area contributed by atoms with Crippen molar-refractivity contribution in [2.45, 2.75) is 44.3 Å². The highest BCUT2D eigenvalue weighted by atomic mass is 32.2. The SMILES string of the molecule is Cc1cnc2c(c1)nc(SCC(=O)O)n2C(C)CC1CC1. The van der Waals surface area contributed by atoms with Gasteiger partial charge in [0.25, 0.3) is 0 Å². The molecule has 0 amide bonds. The first-order chi connectivity index (χ1) is 10.0. The monoisotopic (exact) mass is 305 g/mol. The molecule has 0 spiro atoms. The van der Waals surface area contributed by atoms with E-state index in [0.717, 1.165) is 34.2 Å². The Morgan fingerprint density at radius 1 is 1.57 bits per heavy atom. The first kappa shape index (κ1) is 14.4. The number of hydrogen-bond donors (Lipinski definition) is 1. The summed E-state index contributed by atoms with van der Waals surface area (Å²) >= 11 is 1.27. The second-order valence-corrected chi connectivity index (χ2v) is 6.77. The number of hydrogen-bond acceptors (Lipinski definition) is 4. The van der Waals surface area contributed by atoms with Crippen molar-refractivity contribution in [2.24, 2.45) is 5.92 Å². The third-order valence-electron chi connectivity index (χ3n) is 3.77. The van der Waals surface area contributed by atoms with Gasteiger partial charge >= 0.3 is 5.97 Å². The molecule has 6 heteroatoms. The van der Waals surface area contributed by atoms with Gasteiger partial charge < -0.3 is 9.67 Å². The summed E-state index contributed by atoms with van der Waals surface area (Å²) in [7, 11) is 0. The Balaban J connectivity index is 1.98. The molecule has 3 rings (SSSR count). The number of carbonyl (C=O) groups is 1. The number of nitrogens with zero attached hydrogens (tertiary/aromatic N) is 3. The Morgan fingerprint density at radius 3 is 3.00 bits per heavy atom. The molecular weight excluding hydrogens is 286 g/mol. The van der Waals surface area contributed by atoms with Crippen molar-refractivity contribution in [3.63, 3.8) is 0 Å². The minimum absolute atomic E-state index is 0.0262. The molecule has 1 saturated carbocycles. The lowest BCUT2D eigenvalue weighted by Crippen LogP contribution is -2.09. The zero-order valence-electron chi connectivity index (χ0n) is 12.2. The van der Waals surface area contributed by atoms with Gasteiger partial charge in [-0.15, -0.1) is 0 Å². The lowest BCUT2D eigenvalue weighted by molar-refractivity contribution is -0.133. The quantitative estimate of drug-likeness (QED) is 0.830. The van der Waals surface area contributed by atoms with E-state index in [1.165, 1.54) is 24.6 Å². The summed E-state index contributed by atoms with van der Waals surface area (Å²) in [6, 6.07) is 2.31. The zero-order valence-corrected chi connectivity index (χ0v) is 13.1. The highest BCUT2D eigenvalue weighted by molar-refractivity contribution is 7.99. The van der Waals surface area contributed by atoms with Gasteiger partial charge in [-0.05, 0) is 37.8 Å². The molecule has 1 unspecified atom stereocenters. The molecule has 1 N–H and O–H groups in total. The van der Waals surface area contributed by atoms with Crippen LogP contribution in [0.5, 0.6) is 0 Å². The maximum Gasteiger partial charge on any atom is 0.313 e. The number of fused-ring (bicyclic) bond motifs is 1. The standard InChI is InChI=1S/C15H19N3O2S/c1-9-5-12-14(16-7-9)18(10(2)6-11-3-4-11)15(17-12)21-8-13(19)20/h5,7,10-11H,3-4,6,8H2,1-2H3,(H,19,20). The first-order valence-corrected chi connectivity index (χ1v) is 8.22. The van der Waals surface area contributed by atoms with E-state index in [9.17, 15) is 4.79 Å². The van der Waals surface area contributed by atoms with E-state index in [-0.39, 0.29) is 5.75 Å². The minimum Gasteiger partial charge on any atom is -0.481 e. The average Bonchev–Trinajstić information content (AvgIpc) is 3.15. The molecule has 5 nitrogen and oxygen atoms in total. The van der Waals surface area contributed by atoms with E-state index in [0.29, 0.717) is 6.04 Å². The van der Waals surface area contributed by atoms with Crippen LogP contribution in [-0.4, -0.2) is 31.4 Å². The fourth-order valence-corrected chi connectivity index (χ4v) is 3.45. The van der Waals surface area contributed by atoms with Gasteiger partial charge in [-0.25, -0.2) is 9.97 Å². The number of aryl methyl sites for hydroxylation is 1. The fraction of sp³-hybridized carbons (Fsp3) is 0.533. The fourth-order valence-electron chi connectivity index (χ4n) is 2.63. The molecule has 2 aromatic heterocycles. The van der Waals surface area contributed by atoms with Gasteiger partial charge in [-0.3, -0.25) is 4.79 Å². The van der Waals surface area contributed by atoms with Crippen molar-refractivity contribution in [2.75, 3.05) is 5.75 Å². The maximum atomic E-state index is 10.8. The molecule has 0 radical (unpaired) electrons. The first-order valence-electron chi connectivity index (χ1n) is 7.23. The van der Waals surface area contributed by atoms with Gasteiger partial charge in [0.05, 0.1) is 5.75 Å². The molecule has 1 atom stereocenters. The molecular formula is C15H19N3O2S. The van der Waals surface area contributed by atoms with Crippen molar-refractivity contribution < 1.29 is 9.90 Å². The normalized spacial score (nSPS) is 16.3. The summed E-state index contributed by atoms with van der Waals surface area (Å²) in [6.07, 6.45) is 5.57. The number of thioether (sulfide) groups is 1. The number of pyridine rings is 1. The van der Waals surface area contributed by atoms with Gasteiger partial charge in [0, 0.05) is 12.2 Å². The molecule has 1 fully saturated rings. The van der Waals surface area contributed by atoms with Crippen LogP contribution in [0.1, 0.15) is 37.8 Å².